The Morgan fingerprint density at radius 3 is 3.05 bits per heavy atom. The third-order valence-electron chi connectivity index (χ3n) is 2.52. The maximum Gasteiger partial charge on any atom is 0.320 e. The highest BCUT2D eigenvalue weighted by molar-refractivity contribution is 6.31. The number of hydrogen-bond acceptors (Lipinski definition) is 5. The summed E-state index contributed by atoms with van der Waals surface area (Å²) in [4.78, 5) is 14.5. The van der Waals surface area contributed by atoms with E-state index in [1.54, 1.807) is 29.3 Å². The van der Waals surface area contributed by atoms with E-state index in [0.29, 0.717) is 17.3 Å². The third-order valence-corrected chi connectivity index (χ3v) is 2.86. The average molecular weight is 282 g/mol. The third kappa shape index (κ3) is 3.49. The number of nitrogens with zero attached hydrogens (tertiary/aromatic N) is 4. The highest BCUT2D eigenvalue weighted by Gasteiger charge is 2.14. The fourth-order valence-electron chi connectivity index (χ4n) is 1.53. The van der Waals surface area contributed by atoms with E-state index in [-0.39, 0.29) is 6.42 Å². The summed E-state index contributed by atoms with van der Waals surface area (Å²) in [5.41, 5.74) is 6.81. The lowest BCUT2D eigenvalue weighted by molar-refractivity contribution is -0.138. The second-order valence-electron chi connectivity index (χ2n) is 4.02. The van der Waals surface area contributed by atoms with Crippen LogP contribution in [-0.2, 0) is 17.8 Å². The van der Waals surface area contributed by atoms with E-state index in [0.717, 1.165) is 5.56 Å². The molecule has 1 atom stereocenters. The second-order valence-corrected chi connectivity index (χ2v) is 4.43. The maximum absolute atomic E-state index is 10.6. The first-order chi connectivity index (χ1) is 9.06. The number of halogens is 1. The van der Waals surface area contributed by atoms with E-state index in [4.69, 9.17) is 22.4 Å². The number of aliphatic carboxylic acids is 1. The van der Waals surface area contributed by atoms with Crippen molar-refractivity contribution in [3.05, 3.63) is 40.9 Å². The SMILES string of the molecule is NC(Cc1cn(Cc2ccncc2Cl)nn1)C(=O)O. The van der Waals surface area contributed by atoms with Crippen molar-refractivity contribution >= 4 is 17.6 Å². The van der Waals surface area contributed by atoms with Crippen LogP contribution < -0.4 is 5.73 Å². The number of nitrogens with two attached hydrogens (primary N) is 1. The molecule has 19 heavy (non-hydrogen) atoms. The van der Waals surface area contributed by atoms with Crippen LogP contribution in [0.25, 0.3) is 0 Å². The van der Waals surface area contributed by atoms with E-state index in [1.165, 1.54) is 0 Å². The molecule has 0 aromatic carbocycles. The lowest BCUT2D eigenvalue weighted by atomic mass is 10.2. The minimum absolute atomic E-state index is 0.138. The van der Waals surface area contributed by atoms with Gasteiger partial charge in [-0.3, -0.25) is 9.78 Å². The van der Waals surface area contributed by atoms with Gasteiger partial charge >= 0.3 is 5.97 Å². The highest BCUT2D eigenvalue weighted by Crippen LogP contribution is 2.14. The maximum atomic E-state index is 10.6. The molecule has 1 unspecified atom stereocenters. The van der Waals surface area contributed by atoms with Crippen LogP contribution >= 0.6 is 11.6 Å². The number of carboxylic acids is 1. The smallest absolute Gasteiger partial charge is 0.320 e. The number of pyridine rings is 1. The molecule has 0 aliphatic carbocycles. The van der Waals surface area contributed by atoms with E-state index in [2.05, 4.69) is 15.3 Å². The van der Waals surface area contributed by atoms with Gasteiger partial charge in [0.05, 0.1) is 17.3 Å². The first-order valence-corrected chi connectivity index (χ1v) is 5.90. The monoisotopic (exact) mass is 281 g/mol. The standard InChI is InChI=1S/C11H12ClN5O2/c12-9-4-14-2-1-7(9)5-17-6-8(15-16-17)3-10(13)11(18)19/h1-2,4,6,10H,3,5,13H2,(H,18,19). The zero-order valence-electron chi connectivity index (χ0n) is 9.90. The number of carboxylic acid groups (broad SMARTS) is 1. The Bertz CT molecular complexity index is 586. The Balaban J connectivity index is 2.06. The Hall–Kier alpha value is -1.99. The second kappa shape index (κ2) is 5.77. The summed E-state index contributed by atoms with van der Waals surface area (Å²) in [6, 6.07) is 0.807. The zero-order valence-corrected chi connectivity index (χ0v) is 10.7. The van der Waals surface area contributed by atoms with Crippen LogP contribution in [0.1, 0.15) is 11.3 Å². The number of rotatable bonds is 5. The van der Waals surface area contributed by atoms with Crippen LogP contribution in [0.3, 0.4) is 0 Å². The molecule has 0 fully saturated rings. The summed E-state index contributed by atoms with van der Waals surface area (Å²) in [7, 11) is 0. The van der Waals surface area contributed by atoms with Gasteiger partial charge in [-0.25, -0.2) is 4.68 Å². The van der Waals surface area contributed by atoms with Gasteiger partial charge in [-0.1, -0.05) is 16.8 Å². The van der Waals surface area contributed by atoms with Crippen molar-refractivity contribution < 1.29 is 9.90 Å². The molecule has 0 radical (unpaired) electrons. The number of carbonyl (C=O) groups is 1. The first kappa shape index (κ1) is 13.4. The summed E-state index contributed by atoms with van der Waals surface area (Å²) >= 11 is 5.99. The molecule has 0 bridgehead atoms. The van der Waals surface area contributed by atoms with Gasteiger partial charge in [-0.05, 0) is 11.6 Å². The number of aromatic nitrogens is 4. The quantitative estimate of drug-likeness (QED) is 0.818. The van der Waals surface area contributed by atoms with Crippen molar-refractivity contribution in [1.29, 1.82) is 0 Å². The Morgan fingerprint density at radius 2 is 2.37 bits per heavy atom. The van der Waals surface area contributed by atoms with Gasteiger partial charge in [-0.2, -0.15) is 0 Å². The topological polar surface area (TPSA) is 107 Å². The Morgan fingerprint density at radius 1 is 1.58 bits per heavy atom. The van der Waals surface area contributed by atoms with E-state index < -0.39 is 12.0 Å². The molecule has 3 N–H and O–H groups in total. The van der Waals surface area contributed by atoms with E-state index in [9.17, 15) is 4.79 Å². The molecule has 0 amide bonds. The van der Waals surface area contributed by atoms with Crippen LogP contribution in [0.4, 0.5) is 0 Å². The van der Waals surface area contributed by atoms with Crippen LogP contribution in [-0.4, -0.2) is 37.1 Å². The lowest BCUT2D eigenvalue weighted by Crippen LogP contribution is -2.32. The van der Waals surface area contributed by atoms with Crippen molar-refractivity contribution in [1.82, 2.24) is 20.0 Å². The predicted molar refractivity (Wildman–Crippen MR) is 67.7 cm³/mol. The fourth-order valence-corrected chi connectivity index (χ4v) is 1.71. The van der Waals surface area contributed by atoms with Gasteiger partial charge in [0.25, 0.3) is 0 Å². The molecule has 0 saturated heterocycles. The van der Waals surface area contributed by atoms with Gasteiger partial charge < -0.3 is 10.8 Å². The van der Waals surface area contributed by atoms with Crippen LogP contribution in [0.15, 0.2) is 24.7 Å². The van der Waals surface area contributed by atoms with Gasteiger partial charge in [0.1, 0.15) is 6.04 Å². The summed E-state index contributed by atoms with van der Waals surface area (Å²) in [5, 5.41) is 17.0. The molecule has 100 valence electrons. The Labute approximate surface area is 114 Å². The first-order valence-electron chi connectivity index (χ1n) is 5.52. The van der Waals surface area contributed by atoms with Crippen LogP contribution in [0.2, 0.25) is 5.02 Å². The molecule has 7 nitrogen and oxygen atoms in total. The predicted octanol–water partition coefficient (Wildman–Crippen LogP) is 0.329. The van der Waals surface area contributed by atoms with Gasteiger partial charge in [-0.15, -0.1) is 5.10 Å². The minimum atomic E-state index is -1.06. The molecular weight excluding hydrogens is 270 g/mol. The summed E-state index contributed by atoms with van der Waals surface area (Å²) in [5.74, 6) is -1.06. The normalized spacial score (nSPS) is 12.3. The molecule has 8 heteroatoms. The molecule has 0 aliphatic heterocycles. The molecule has 2 aromatic rings. The molecule has 0 aliphatic rings. The van der Waals surface area contributed by atoms with E-state index >= 15 is 0 Å². The van der Waals surface area contributed by atoms with Crippen molar-refractivity contribution in [3.63, 3.8) is 0 Å². The van der Waals surface area contributed by atoms with Gasteiger partial charge in [0.2, 0.25) is 0 Å². The van der Waals surface area contributed by atoms with Crippen LogP contribution in [0, 0.1) is 0 Å². The zero-order chi connectivity index (χ0) is 13.8. The van der Waals surface area contributed by atoms with Crippen molar-refractivity contribution in [2.75, 3.05) is 0 Å². The molecular formula is C11H12ClN5O2. The summed E-state index contributed by atoms with van der Waals surface area (Å²) in [6.45, 7) is 0.441. The minimum Gasteiger partial charge on any atom is -0.480 e. The lowest BCUT2D eigenvalue weighted by Gasteiger charge is -2.03. The van der Waals surface area contributed by atoms with Crippen molar-refractivity contribution in [2.24, 2.45) is 5.73 Å². The number of hydrogen-bond donors (Lipinski definition) is 2. The molecule has 0 spiro atoms. The molecule has 2 heterocycles. The van der Waals surface area contributed by atoms with Crippen molar-refractivity contribution in [3.8, 4) is 0 Å². The van der Waals surface area contributed by atoms with E-state index in [1.807, 2.05) is 0 Å². The largest absolute Gasteiger partial charge is 0.480 e. The highest BCUT2D eigenvalue weighted by atomic mass is 35.5. The molecule has 2 rings (SSSR count). The Kier molecular flexibility index (Phi) is 4.08. The molecule has 0 saturated carbocycles. The average Bonchev–Trinajstić information content (AvgIpc) is 2.79. The fraction of sp³-hybridized carbons (Fsp3) is 0.273. The summed E-state index contributed by atoms with van der Waals surface area (Å²) in [6.07, 6.45) is 4.98. The summed E-state index contributed by atoms with van der Waals surface area (Å²) < 4.78 is 1.57. The molecule has 2 aromatic heterocycles. The van der Waals surface area contributed by atoms with Crippen LogP contribution in [0.5, 0.6) is 0 Å². The van der Waals surface area contributed by atoms with Gasteiger partial charge in [0.15, 0.2) is 0 Å². The van der Waals surface area contributed by atoms with Crippen molar-refractivity contribution in [2.45, 2.75) is 19.0 Å². The van der Waals surface area contributed by atoms with Gasteiger partial charge in [0, 0.05) is 25.0 Å².